The molecule has 4 aliphatic heterocycles. The third-order valence-electron chi connectivity index (χ3n) is 12.7. The van der Waals surface area contributed by atoms with Crippen molar-refractivity contribution >= 4 is 11.7 Å². The van der Waals surface area contributed by atoms with E-state index in [2.05, 4.69) is 31.7 Å². The van der Waals surface area contributed by atoms with Gasteiger partial charge in [0.2, 0.25) is 0 Å². The number of piperidine rings is 1. The van der Waals surface area contributed by atoms with Crippen molar-refractivity contribution in [3.63, 3.8) is 0 Å². The van der Waals surface area contributed by atoms with Crippen molar-refractivity contribution in [1.82, 2.24) is 14.7 Å². The van der Waals surface area contributed by atoms with Gasteiger partial charge in [0.05, 0.1) is 37.6 Å². The van der Waals surface area contributed by atoms with Gasteiger partial charge in [-0.3, -0.25) is 14.6 Å². The van der Waals surface area contributed by atoms with Gasteiger partial charge in [0.25, 0.3) is 0 Å². The highest BCUT2D eigenvalue weighted by molar-refractivity contribution is 5.69. The third kappa shape index (κ3) is 7.43. The Hall–Kier alpha value is -3.10. The topological polar surface area (TPSA) is 72.3 Å². The molecule has 4 heterocycles. The summed E-state index contributed by atoms with van der Waals surface area (Å²) >= 11 is 0. The van der Waals surface area contributed by atoms with Crippen LogP contribution in [0.1, 0.15) is 61.6 Å². The van der Waals surface area contributed by atoms with Gasteiger partial charge in [-0.1, -0.05) is 18.6 Å². The maximum atomic E-state index is 15.2. The number of nitrogens with zero attached hydrogens (tertiary/aromatic N) is 5. The molecule has 0 N–H and O–H groups in total. The summed E-state index contributed by atoms with van der Waals surface area (Å²) in [7, 11) is 1.48. The van der Waals surface area contributed by atoms with Crippen LogP contribution in [0.5, 0.6) is 0 Å². The smallest absolute Gasteiger partial charge is 0.305 e. The average molecular weight is 690 g/mol. The van der Waals surface area contributed by atoms with Gasteiger partial charge in [-0.25, -0.2) is 8.78 Å². The molecule has 4 saturated heterocycles. The van der Waals surface area contributed by atoms with E-state index < -0.39 is 0 Å². The van der Waals surface area contributed by atoms with E-state index in [4.69, 9.17) is 9.47 Å². The van der Waals surface area contributed by atoms with Crippen LogP contribution >= 0.6 is 0 Å². The number of benzene rings is 2. The molecule has 3 atom stereocenters. The number of hydrogen-bond acceptors (Lipinski definition) is 8. The molecular weight excluding hydrogens is 636 g/mol. The van der Waals surface area contributed by atoms with Crippen LogP contribution in [-0.4, -0.2) is 106 Å². The second-order valence-corrected chi connectivity index (χ2v) is 15.6. The number of halogens is 2. The molecule has 270 valence electrons. The number of carbonyl (C=O) groups excluding carboxylic acids is 1. The molecule has 5 aliphatic rings. The normalized spacial score (nSPS) is 25.4. The Morgan fingerprint density at radius 3 is 2.42 bits per heavy atom. The van der Waals surface area contributed by atoms with Crippen LogP contribution in [-0.2, 0) is 26.2 Å². The van der Waals surface area contributed by atoms with E-state index >= 15 is 8.78 Å². The molecule has 0 unspecified atom stereocenters. The highest BCUT2D eigenvalue weighted by Gasteiger charge is 2.52. The molecule has 1 aliphatic carbocycles. The van der Waals surface area contributed by atoms with Crippen molar-refractivity contribution in [3.05, 3.63) is 64.7 Å². The number of anilines is 1. The Kier molecular flexibility index (Phi) is 11.1. The quantitative estimate of drug-likeness (QED) is 0.273. The third-order valence-corrected chi connectivity index (χ3v) is 12.7. The van der Waals surface area contributed by atoms with E-state index in [0.717, 1.165) is 109 Å². The van der Waals surface area contributed by atoms with Crippen LogP contribution in [0.3, 0.4) is 0 Å². The zero-order valence-electron chi connectivity index (χ0n) is 29.6. The first-order chi connectivity index (χ1) is 24.4. The molecule has 1 saturated carbocycles. The average Bonchev–Trinajstić information content (AvgIpc) is 3.56. The van der Waals surface area contributed by atoms with E-state index in [0.29, 0.717) is 49.3 Å². The number of methoxy groups -OCH3 is 1. The fourth-order valence-electron chi connectivity index (χ4n) is 10.00. The molecule has 50 heavy (non-hydrogen) atoms. The highest BCUT2D eigenvalue weighted by atomic mass is 19.1. The Balaban J connectivity index is 1.06. The SMILES string of the molecule is COC(=O)C[C@H]1CCC[C@@H]1[C@](CN1CCOCC1)(c1cccc(F)c1)C1CCN(CC2CN(c3cc(CN4CCC4)c(C#N)cc3F)C2)CC1. The largest absolute Gasteiger partial charge is 0.469 e. The van der Waals surface area contributed by atoms with Crippen molar-refractivity contribution in [2.45, 2.75) is 56.9 Å². The number of morpholine rings is 1. The summed E-state index contributed by atoms with van der Waals surface area (Å²) in [6, 6.07) is 12.9. The van der Waals surface area contributed by atoms with Crippen molar-refractivity contribution in [3.8, 4) is 6.07 Å². The van der Waals surface area contributed by atoms with Crippen molar-refractivity contribution in [1.29, 1.82) is 5.26 Å². The van der Waals surface area contributed by atoms with Crippen molar-refractivity contribution in [2.24, 2.45) is 23.7 Å². The zero-order valence-corrected chi connectivity index (χ0v) is 29.6. The lowest BCUT2D eigenvalue weighted by Gasteiger charge is -2.53. The minimum atomic E-state index is -0.306. The van der Waals surface area contributed by atoms with Gasteiger partial charge in [-0.15, -0.1) is 0 Å². The highest BCUT2D eigenvalue weighted by Crippen LogP contribution is 2.54. The van der Waals surface area contributed by atoms with Gasteiger partial charge in [0.1, 0.15) is 11.6 Å². The number of esters is 1. The Bertz CT molecular complexity index is 1530. The van der Waals surface area contributed by atoms with Gasteiger partial charge in [0, 0.05) is 63.6 Å². The molecule has 0 spiro atoms. The van der Waals surface area contributed by atoms with Gasteiger partial charge in [0.15, 0.2) is 0 Å². The van der Waals surface area contributed by atoms with E-state index in [1.54, 1.807) is 12.1 Å². The summed E-state index contributed by atoms with van der Waals surface area (Å²) in [6.07, 6.45) is 6.73. The summed E-state index contributed by atoms with van der Waals surface area (Å²) in [4.78, 5) is 22.2. The fourth-order valence-corrected chi connectivity index (χ4v) is 10.00. The lowest BCUT2D eigenvalue weighted by atomic mass is 9.56. The molecule has 0 bridgehead atoms. The molecule has 0 radical (unpaired) electrons. The summed E-state index contributed by atoms with van der Waals surface area (Å²) in [5, 5.41) is 9.62. The van der Waals surface area contributed by atoms with Crippen LogP contribution in [0, 0.1) is 46.6 Å². The Morgan fingerprint density at radius 1 is 0.960 bits per heavy atom. The number of hydrogen-bond donors (Lipinski definition) is 0. The van der Waals surface area contributed by atoms with E-state index in [1.807, 2.05) is 12.1 Å². The standard InChI is InChI=1S/C40H53F2N5O3/c1-49-39(48)21-30-5-2-8-36(30)40(28-46-15-17-50-18-16-46,34-6-3-7-35(41)22-34)33-9-13-45(14-10-33)24-29-25-47(26-29)38-20-32(27-44-11-4-12-44)31(23-43)19-37(38)42/h3,6-7,19-20,22,29-30,33,36H,2,4-5,8-18,21,24-28H2,1H3/t30-,36+,40+/m1/s1. The number of nitriles is 1. The monoisotopic (exact) mass is 689 g/mol. The molecule has 7 rings (SSSR count). The predicted molar refractivity (Wildman–Crippen MR) is 189 cm³/mol. The molecule has 2 aromatic rings. The predicted octanol–water partition coefficient (Wildman–Crippen LogP) is 5.44. The van der Waals surface area contributed by atoms with Crippen LogP contribution in [0.25, 0.3) is 0 Å². The molecular formula is C40H53F2N5O3. The minimum absolute atomic E-state index is 0.154. The summed E-state index contributed by atoms with van der Waals surface area (Å²) < 4.78 is 41.2. The molecule has 5 fully saturated rings. The maximum absolute atomic E-state index is 15.2. The van der Waals surface area contributed by atoms with Crippen molar-refractivity contribution in [2.75, 3.05) is 90.7 Å². The first kappa shape index (κ1) is 35.3. The number of ether oxygens (including phenoxy) is 2. The van der Waals surface area contributed by atoms with Crippen molar-refractivity contribution < 1.29 is 23.0 Å². The number of rotatable bonds is 12. The van der Waals surface area contributed by atoms with Crippen LogP contribution < -0.4 is 4.90 Å². The second-order valence-electron chi connectivity index (χ2n) is 15.6. The lowest BCUT2D eigenvalue weighted by molar-refractivity contribution is -0.142. The molecule has 0 amide bonds. The van der Waals surface area contributed by atoms with Crippen LogP contribution in [0.2, 0.25) is 0 Å². The number of carbonyl (C=O) groups is 1. The van der Waals surface area contributed by atoms with E-state index in [9.17, 15) is 10.1 Å². The molecule has 10 heteroatoms. The summed E-state index contributed by atoms with van der Waals surface area (Å²) in [5.41, 5.74) is 2.78. The van der Waals surface area contributed by atoms with E-state index in [-0.39, 0.29) is 34.9 Å². The minimum Gasteiger partial charge on any atom is -0.469 e. The van der Waals surface area contributed by atoms with Crippen LogP contribution in [0.4, 0.5) is 14.5 Å². The second kappa shape index (κ2) is 15.6. The van der Waals surface area contributed by atoms with Gasteiger partial charge in [-0.05, 0) is 111 Å². The van der Waals surface area contributed by atoms with E-state index in [1.165, 1.54) is 19.6 Å². The first-order valence-corrected chi connectivity index (χ1v) is 18.9. The van der Waals surface area contributed by atoms with Gasteiger partial charge < -0.3 is 19.3 Å². The van der Waals surface area contributed by atoms with Gasteiger partial charge >= 0.3 is 5.97 Å². The summed E-state index contributed by atoms with van der Waals surface area (Å²) in [6.45, 7) is 11.3. The molecule has 0 aromatic heterocycles. The zero-order chi connectivity index (χ0) is 34.7. The Morgan fingerprint density at radius 2 is 1.74 bits per heavy atom. The maximum Gasteiger partial charge on any atom is 0.305 e. The molecule has 8 nitrogen and oxygen atoms in total. The van der Waals surface area contributed by atoms with Crippen LogP contribution in [0.15, 0.2) is 36.4 Å². The Labute approximate surface area is 296 Å². The first-order valence-electron chi connectivity index (χ1n) is 18.9. The van der Waals surface area contributed by atoms with Gasteiger partial charge in [-0.2, -0.15) is 5.26 Å². The molecule has 2 aromatic carbocycles. The fraction of sp³-hybridized carbons (Fsp3) is 0.650. The number of likely N-dealkylation sites (tertiary alicyclic amines) is 2. The summed E-state index contributed by atoms with van der Waals surface area (Å²) in [5.74, 6) is 0.618. The lowest BCUT2D eigenvalue weighted by Crippen LogP contribution is -2.57.